The second kappa shape index (κ2) is 5.72. The van der Waals surface area contributed by atoms with Crippen molar-refractivity contribution in [2.45, 2.75) is 19.7 Å². The van der Waals surface area contributed by atoms with Crippen molar-refractivity contribution in [1.29, 1.82) is 0 Å². The zero-order chi connectivity index (χ0) is 15.5. The first kappa shape index (κ1) is 15.7. The van der Waals surface area contributed by atoms with Gasteiger partial charge < -0.3 is 19.6 Å². The van der Waals surface area contributed by atoms with Gasteiger partial charge in [-0.2, -0.15) is 0 Å². The average Bonchev–Trinajstić information content (AvgIpc) is 2.30. The van der Waals surface area contributed by atoms with Gasteiger partial charge in [0.25, 0.3) is 0 Å². The van der Waals surface area contributed by atoms with Crippen molar-refractivity contribution in [3.63, 3.8) is 0 Å². The number of esters is 1. The maximum atomic E-state index is 12.3. The molecule has 0 spiro atoms. The molecule has 0 atom stereocenters. The Labute approximate surface area is 110 Å². The molecule has 0 saturated heterocycles. The van der Waals surface area contributed by atoms with Gasteiger partial charge in [0.2, 0.25) is 5.75 Å². The fourth-order valence-corrected chi connectivity index (χ4v) is 1.42. The summed E-state index contributed by atoms with van der Waals surface area (Å²) in [4.78, 5) is 24.1. The normalized spacial score (nSPS) is 11.1. The first-order valence-electron chi connectivity index (χ1n) is 5.11. The van der Waals surface area contributed by atoms with Gasteiger partial charge in [-0.1, -0.05) is 0 Å². The number of halogens is 3. The molecule has 0 unspecified atom stereocenters. The van der Waals surface area contributed by atoms with Crippen molar-refractivity contribution in [1.82, 2.24) is 4.98 Å². The topological polar surface area (TPSA) is 91.6 Å². The summed E-state index contributed by atoms with van der Waals surface area (Å²) in [7, 11) is 1.04. The Morgan fingerprint density at radius 1 is 1.50 bits per heavy atom. The molecule has 0 aliphatic heterocycles. The summed E-state index contributed by atoms with van der Waals surface area (Å²) in [6, 6.07) is 1.09. The highest BCUT2D eigenvalue weighted by molar-refractivity contribution is 5.74. The SMILES string of the molecule is COC(=O)Cc1cc(C)nc([N+](=O)[O-])c1OC(F)(F)F. The number of nitrogens with zero attached hydrogens (tertiary/aromatic N) is 2. The quantitative estimate of drug-likeness (QED) is 0.478. The molecule has 0 radical (unpaired) electrons. The number of methoxy groups -OCH3 is 1. The van der Waals surface area contributed by atoms with Crippen LogP contribution >= 0.6 is 0 Å². The molecule has 0 fully saturated rings. The van der Waals surface area contributed by atoms with Crippen molar-refractivity contribution in [2.75, 3.05) is 7.11 Å². The Morgan fingerprint density at radius 3 is 2.55 bits per heavy atom. The largest absolute Gasteiger partial charge is 0.573 e. The van der Waals surface area contributed by atoms with E-state index in [4.69, 9.17) is 0 Å². The van der Waals surface area contributed by atoms with E-state index in [1.54, 1.807) is 0 Å². The summed E-state index contributed by atoms with van der Waals surface area (Å²) in [5.41, 5.74) is -0.251. The van der Waals surface area contributed by atoms with E-state index in [0.29, 0.717) is 0 Å². The van der Waals surface area contributed by atoms with Crippen LogP contribution in [0.4, 0.5) is 19.0 Å². The number of aromatic nitrogens is 1. The lowest BCUT2D eigenvalue weighted by molar-refractivity contribution is -0.393. The van der Waals surface area contributed by atoms with Crippen LogP contribution in [0.25, 0.3) is 0 Å². The first-order valence-corrected chi connectivity index (χ1v) is 5.11. The van der Waals surface area contributed by atoms with Crippen molar-refractivity contribution in [3.8, 4) is 5.75 Å². The number of carbonyl (C=O) groups excluding carboxylic acids is 1. The molecule has 10 heteroatoms. The Kier molecular flexibility index (Phi) is 4.48. The van der Waals surface area contributed by atoms with Crippen LogP contribution in [-0.4, -0.2) is 29.3 Å². The Hall–Kier alpha value is -2.39. The van der Waals surface area contributed by atoms with Gasteiger partial charge in [-0.25, -0.2) is 0 Å². The molecule has 0 amide bonds. The van der Waals surface area contributed by atoms with Crippen LogP contribution in [0.15, 0.2) is 6.07 Å². The van der Waals surface area contributed by atoms with Crippen LogP contribution in [0.1, 0.15) is 11.3 Å². The molecular formula is C10H9F3N2O5. The molecule has 0 saturated carbocycles. The van der Waals surface area contributed by atoms with E-state index in [1.165, 1.54) is 6.92 Å². The monoisotopic (exact) mass is 294 g/mol. The van der Waals surface area contributed by atoms with Crippen LogP contribution < -0.4 is 4.74 Å². The van der Waals surface area contributed by atoms with Crippen LogP contribution in [0, 0.1) is 17.0 Å². The highest BCUT2D eigenvalue weighted by Crippen LogP contribution is 2.34. The Balaban J connectivity index is 3.38. The van der Waals surface area contributed by atoms with Gasteiger partial charge >= 0.3 is 18.1 Å². The minimum Gasteiger partial charge on any atom is -0.469 e. The average molecular weight is 294 g/mol. The molecule has 1 heterocycles. The van der Waals surface area contributed by atoms with Gasteiger partial charge in [-0.15, -0.1) is 13.2 Å². The third-order valence-corrected chi connectivity index (χ3v) is 2.11. The molecular weight excluding hydrogens is 285 g/mol. The van der Waals surface area contributed by atoms with Gasteiger partial charge in [0, 0.05) is 12.5 Å². The van der Waals surface area contributed by atoms with E-state index in [2.05, 4.69) is 14.5 Å². The second-order valence-corrected chi connectivity index (χ2v) is 3.63. The zero-order valence-corrected chi connectivity index (χ0v) is 10.4. The Bertz CT molecular complexity index is 544. The van der Waals surface area contributed by atoms with E-state index in [1.807, 2.05) is 0 Å². The number of nitro groups is 1. The van der Waals surface area contributed by atoms with E-state index < -0.39 is 35.2 Å². The van der Waals surface area contributed by atoms with Crippen LogP contribution in [0.2, 0.25) is 0 Å². The third kappa shape index (κ3) is 4.07. The minimum absolute atomic E-state index is 0.0742. The first-order chi connectivity index (χ1) is 9.14. The fourth-order valence-electron chi connectivity index (χ4n) is 1.42. The lowest BCUT2D eigenvalue weighted by atomic mass is 10.1. The van der Waals surface area contributed by atoms with Crippen molar-refractivity contribution >= 4 is 11.8 Å². The molecule has 110 valence electrons. The maximum Gasteiger partial charge on any atom is 0.573 e. The molecule has 0 aliphatic rings. The molecule has 1 aromatic rings. The summed E-state index contributed by atoms with van der Waals surface area (Å²) < 4.78 is 44.8. The van der Waals surface area contributed by atoms with Crippen LogP contribution in [0.3, 0.4) is 0 Å². The van der Waals surface area contributed by atoms with Crippen molar-refractivity contribution < 1.29 is 32.4 Å². The van der Waals surface area contributed by atoms with Gasteiger partial charge in [0.05, 0.1) is 13.5 Å². The molecule has 7 nitrogen and oxygen atoms in total. The highest BCUT2D eigenvalue weighted by Gasteiger charge is 2.37. The van der Waals surface area contributed by atoms with Gasteiger partial charge in [-0.3, -0.25) is 4.79 Å². The maximum absolute atomic E-state index is 12.3. The van der Waals surface area contributed by atoms with Gasteiger partial charge in [0.1, 0.15) is 0 Å². The number of alkyl halides is 3. The second-order valence-electron chi connectivity index (χ2n) is 3.63. The molecule has 0 bridgehead atoms. The number of hydrogen-bond donors (Lipinski definition) is 0. The standard InChI is InChI=1S/C10H9F3N2O5/c1-5-3-6(4-7(16)19-2)8(20-10(11,12)13)9(14-5)15(17)18/h3H,4H2,1-2H3. The lowest BCUT2D eigenvalue weighted by Crippen LogP contribution is -2.20. The van der Waals surface area contributed by atoms with Crippen molar-refractivity contribution in [2.24, 2.45) is 0 Å². The fraction of sp³-hybridized carbons (Fsp3) is 0.400. The Morgan fingerprint density at radius 2 is 2.10 bits per heavy atom. The van der Waals surface area contributed by atoms with Gasteiger partial charge in [-0.05, 0) is 16.0 Å². The summed E-state index contributed by atoms with van der Waals surface area (Å²) >= 11 is 0. The van der Waals surface area contributed by atoms with Crippen LogP contribution in [0.5, 0.6) is 5.75 Å². The van der Waals surface area contributed by atoms with E-state index in [-0.39, 0.29) is 11.3 Å². The van der Waals surface area contributed by atoms with E-state index >= 15 is 0 Å². The molecule has 1 aromatic heterocycles. The minimum atomic E-state index is -5.15. The number of pyridine rings is 1. The zero-order valence-electron chi connectivity index (χ0n) is 10.4. The van der Waals surface area contributed by atoms with E-state index in [9.17, 15) is 28.1 Å². The number of hydrogen-bond acceptors (Lipinski definition) is 6. The summed E-state index contributed by atoms with van der Waals surface area (Å²) in [6.07, 6.45) is -5.75. The van der Waals surface area contributed by atoms with Crippen LogP contribution in [-0.2, 0) is 16.0 Å². The molecule has 0 aromatic carbocycles. The molecule has 20 heavy (non-hydrogen) atoms. The third-order valence-electron chi connectivity index (χ3n) is 2.11. The number of rotatable bonds is 4. The highest BCUT2D eigenvalue weighted by atomic mass is 19.4. The lowest BCUT2D eigenvalue weighted by Gasteiger charge is -2.12. The van der Waals surface area contributed by atoms with Crippen molar-refractivity contribution in [3.05, 3.63) is 27.4 Å². The van der Waals surface area contributed by atoms with E-state index in [0.717, 1.165) is 13.2 Å². The predicted molar refractivity (Wildman–Crippen MR) is 58.0 cm³/mol. The summed E-state index contributed by atoms with van der Waals surface area (Å²) in [5.74, 6) is -3.09. The predicted octanol–water partition coefficient (Wildman–Crippen LogP) is 1.91. The molecule has 0 aliphatic carbocycles. The number of ether oxygens (including phenoxy) is 2. The summed E-state index contributed by atoms with van der Waals surface area (Å²) in [6.45, 7) is 1.34. The molecule has 1 rings (SSSR count). The summed E-state index contributed by atoms with van der Waals surface area (Å²) in [5, 5.41) is 10.7. The molecule has 0 N–H and O–H groups in total. The smallest absolute Gasteiger partial charge is 0.469 e. The number of aryl methyl sites for hydroxylation is 1. The van der Waals surface area contributed by atoms with Gasteiger partial charge in [0.15, 0.2) is 5.69 Å². The number of carbonyl (C=O) groups is 1.